The standard InChI is InChI=1S/C19H14ClFN4OS/c1-10-7-12(11(2)25(10)13-3-4-16(21)15(20)9-13)8-14-17(22)24-5-6-27-19(24)23-18(14)26/h3-9,22H,1-2H3. The number of carbonyl (C=O) groups is 1. The van der Waals surface area contributed by atoms with Crippen LogP contribution in [0.5, 0.6) is 0 Å². The number of hydrogen-bond acceptors (Lipinski definition) is 3. The zero-order valence-corrected chi connectivity index (χ0v) is 16.0. The Morgan fingerprint density at radius 1 is 1.30 bits per heavy atom. The zero-order chi connectivity index (χ0) is 19.3. The lowest BCUT2D eigenvalue weighted by atomic mass is 10.1. The molecular weight excluding hydrogens is 387 g/mol. The predicted molar refractivity (Wildman–Crippen MR) is 107 cm³/mol. The van der Waals surface area contributed by atoms with Crippen molar-refractivity contribution in [1.29, 1.82) is 5.41 Å². The van der Waals surface area contributed by atoms with Crippen molar-refractivity contribution in [3.8, 4) is 5.69 Å². The minimum atomic E-state index is -0.475. The maximum atomic E-state index is 13.5. The highest BCUT2D eigenvalue weighted by Gasteiger charge is 2.31. The molecule has 0 atom stereocenters. The smallest absolute Gasteiger partial charge is 0.283 e. The molecule has 0 radical (unpaired) electrons. The number of nitrogens with zero attached hydrogens (tertiary/aromatic N) is 3. The molecule has 0 bridgehead atoms. The Labute approximate surface area is 164 Å². The molecule has 2 aromatic rings. The molecule has 8 heteroatoms. The van der Waals surface area contributed by atoms with Crippen molar-refractivity contribution in [2.75, 3.05) is 0 Å². The molecule has 1 N–H and O–H groups in total. The highest BCUT2D eigenvalue weighted by atomic mass is 35.5. The zero-order valence-electron chi connectivity index (χ0n) is 14.5. The molecule has 4 rings (SSSR count). The summed E-state index contributed by atoms with van der Waals surface area (Å²) in [5.41, 5.74) is 3.49. The lowest BCUT2D eigenvalue weighted by molar-refractivity contribution is -0.114. The molecule has 136 valence electrons. The number of aliphatic imine (C=N–C) groups is 1. The van der Waals surface area contributed by atoms with Crippen LogP contribution in [0.1, 0.15) is 17.0 Å². The minimum absolute atomic E-state index is 0.0457. The number of carbonyl (C=O) groups excluding carboxylic acids is 1. The molecule has 1 aromatic heterocycles. The summed E-state index contributed by atoms with van der Waals surface area (Å²) in [6.45, 7) is 3.81. The second-order valence-electron chi connectivity index (χ2n) is 6.14. The summed E-state index contributed by atoms with van der Waals surface area (Å²) in [6.07, 6.45) is 3.39. The van der Waals surface area contributed by atoms with E-state index in [0.717, 1.165) is 22.6 Å². The summed E-state index contributed by atoms with van der Waals surface area (Å²) >= 11 is 7.23. The molecule has 5 nitrogen and oxygen atoms in total. The predicted octanol–water partition coefficient (Wildman–Crippen LogP) is 4.66. The summed E-state index contributed by atoms with van der Waals surface area (Å²) in [7, 11) is 0. The average molecular weight is 401 g/mol. The van der Waals surface area contributed by atoms with Crippen molar-refractivity contribution in [2.45, 2.75) is 13.8 Å². The maximum Gasteiger partial charge on any atom is 0.283 e. The van der Waals surface area contributed by atoms with Gasteiger partial charge in [-0.3, -0.25) is 15.1 Å². The summed E-state index contributed by atoms with van der Waals surface area (Å²) in [6, 6.07) is 6.44. The van der Waals surface area contributed by atoms with Crippen LogP contribution in [0.2, 0.25) is 5.02 Å². The van der Waals surface area contributed by atoms with Crippen LogP contribution >= 0.6 is 23.4 Å². The number of aryl methyl sites for hydroxylation is 1. The van der Waals surface area contributed by atoms with E-state index < -0.39 is 11.7 Å². The molecule has 1 amide bonds. The van der Waals surface area contributed by atoms with Gasteiger partial charge in [0, 0.05) is 23.3 Å². The van der Waals surface area contributed by atoms with Gasteiger partial charge in [0.1, 0.15) is 11.7 Å². The number of halogens is 2. The second-order valence-corrected chi connectivity index (χ2v) is 7.42. The lowest BCUT2D eigenvalue weighted by Gasteiger charge is -2.22. The Morgan fingerprint density at radius 2 is 2.07 bits per heavy atom. The van der Waals surface area contributed by atoms with Crippen molar-refractivity contribution in [1.82, 2.24) is 9.47 Å². The number of rotatable bonds is 2. The third-order valence-corrected chi connectivity index (χ3v) is 5.49. The van der Waals surface area contributed by atoms with Crippen LogP contribution in [0.25, 0.3) is 11.8 Å². The van der Waals surface area contributed by atoms with E-state index in [0.29, 0.717) is 5.17 Å². The first kappa shape index (κ1) is 17.8. The Balaban J connectivity index is 1.79. The van der Waals surface area contributed by atoms with Crippen LogP contribution in [0.4, 0.5) is 4.39 Å². The van der Waals surface area contributed by atoms with E-state index in [1.165, 1.54) is 17.8 Å². The fraction of sp³-hybridized carbons (Fsp3) is 0.105. The third kappa shape index (κ3) is 2.93. The van der Waals surface area contributed by atoms with Crippen molar-refractivity contribution >= 4 is 46.3 Å². The molecule has 3 heterocycles. The van der Waals surface area contributed by atoms with E-state index >= 15 is 0 Å². The van der Waals surface area contributed by atoms with E-state index in [1.807, 2.05) is 24.5 Å². The summed E-state index contributed by atoms with van der Waals surface area (Å²) in [4.78, 5) is 18.0. The van der Waals surface area contributed by atoms with Crippen LogP contribution in [0, 0.1) is 25.1 Å². The Morgan fingerprint density at radius 3 is 2.81 bits per heavy atom. The highest BCUT2D eigenvalue weighted by Crippen LogP contribution is 2.29. The van der Waals surface area contributed by atoms with Gasteiger partial charge >= 0.3 is 0 Å². The molecule has 27 heavy (non-hydrogen) atoms. The first-order valence-electron chi connectivity index (χ1n) is 8.07. The van der Waals surface area contributed by atoms with Gasteiger partial charge in [0.25, 0.3) is 5.91 Å². The molecule has 0 aliphatic carbocycles. The largest absolute Gasteiger partial charge is 0.318 e. The normalized spacial score (nSPS) is 17.7. The van der Waals surface area contributed by atoms with Crippen LogP contribution < -0.4 is 0 Å². The fourth-order valence-corrected chi connectivity index (χ4v) is 4.02. The van der Waals surface area contributed by atoms with Gasteiger partial charge in [-0.2, -0.15) is 4.99 Å². The van der Waals surface area contributed by atoms with Crippen molar-refractivity contribution in [3.05, 3.63) is 69.2 Å². The average Bonchev–Trinajstić information content (AvgIpc) is 3.19. The second kappa shape index (κ2) is 6.51. The van der Waals surface area contributed by atoms with Gasteiger partial charge in [-0.15, -0.1) is 0 Å². The van der Waals surface area contributed by atoms with Crippen molar-refractivity contribution in [3.63, 3.8) is 0 Å². The van der Waals surface area contributed by atoms with Gasteiger partial charge in [0.15, 0.2) is 5.17 Å². The van der Waals surface area contributed by atoms with E-state index in [4.69, 9.17) is 17.0 Å². The molecule has 0 fully saturated rings. The molecule has 0 spiro atoms. The minimum Gasteiger partial charge on any atom is -0.318 e. The topological polar surface area (TPSA) is 61.5 Å². The van der Waals surface area contributed by atoms with Gasteiger partial charge in [-0.25, -0.2) is 4.39 Å². The number of amidine groups is 2. The van der Waals surface area contributed by atoms with E-state index in [2.05, 4.69) is 4.99 Å². The maximum absolute atomic E-state index is 13.5. The van der Waals surface area contributed by atoms with Gasteiger partial charge in [0.05, 0.1) is 10.6 Å². The SMILES string of the molecule is Cc1cc(C=C2C(=N)N3C=CSC3=NC2=O)c(C)n1-c1ccc(F)c(Cl)c1. The monoisotopic (exact) mass is 400 g/mol. The van der Waals surface area contributed by atoms with E-state index in [1.54, 1.807) is 34.7 Å². The van der Waals surface area contributed by atoms with Gasteiger partial charge in [-0.1, -0.05) is 23.4 Å². The van der Waals surface area contributed by atoms with Crippen molar-refractivity contribution < 1.29 is 9.18 Å². The van der Waals surface area contributed by atoms with E-state index in [9.17, 15) is 9.18 Å². The number of hydrogen-bond donors (Lipinski definition) is 1. The molecular formula is C19H14ClFN4OS. The van der Waals surface area contributed by atoms with Gasteiger partial charge in [0.2, 0.25) is 0 Å². The van der Waals surface area contributed by atoms with Gasteiger partial charge < -0.3 is 4.57 Å². The first-order chi connectivity index (χ1) is 12.9. The van der Waals surface area contributed by atoms with Crippen LogP contribution in [0.15, 0.2) is 46.4 Å². The first-order valence-corrected chi connectivity index (χ1v) is 9.33. The fourth-order valence-electron chi connectivity index (χ4n) is 3.14. The molecule has 2 aliphatic heterocycles. The molecule has 0 saturated heterocycles. The number of aromatic nitrogens is 1. The number of fused-ring (bicyclic) bond motifs is 1. The van der Waals surface area contributed by atoms with Crippen LogP contribution in [0.3, 0.4) is 0 Å². The van der Waals surface area contributed by atoms with Gasteiger partial charge in [-0.05, 0) is 55.2 Å². The Hall–Kier alpha value is -2.64. The highest BCUT2D eigenvalue weighted by molar-refractivity contribution is 8.16. The van der Waals surface area contributed by atoms with Crippen LogP contribution in [-0.4, -0.2) is 26.4 Å². The third-order valence-electron chi connectivity index (χ3n) is 4.44. The summed E-state index contributed by atoms with van der Waals surface area (Å²) in [5.74, 6) is -0.811. The van der Waals surface area contributed by atoms with E-state index in [-0.39, 0.29) is 16.4 Å². The Bertz CT molecular complexity index is 1100. The number of amides is 1. The molecule has 1 aromatic carbocycles. The summed E-state index contributed by atoms with van der Waals surface area (Å²) in [5, 5.41) is 10.7. The molecule has 0 saturated carbocycles. The van der Waals surface area contributed by atoms with Crippen LogP contribution in [-0.2, 0) is 4.79 Å². The molecule has 2 aliphatic rings. The molecule has 0 unspecified atom stereocenters. The lowest BCUT2D eigenvalue weighted by Crippen LogP contribution is -2.35. The number of thioether (sulfide) groups is 1. The quantitative estimate of drug-likeness (QED) is 0.745. The number of benzene rings is 1. The summed E-state index contributed by atoms with van der Waals surface area (Å²) < 4.78 is 15.4. The Kier molecular flexibility index (Phi) is 4.28. The number of nitrogens with one attached hydrogen (secondary N) is 1. The van der Waals surface area contributed by atoms with Crippen molar-refractivity contribution in [2.24, 2.45) is 4.99 Å².